The Balaban J connectivity index is 1.89. The molecule has 0 unspecified atom stereocenters. The number of aryl methyl sites for hydroxylation is 1. The molecule has 1 aliphatic rings. The van der Waals surface area contributed by atoms with Crippen LogP contribution in [0.25, 0.3) is 10.8 Å². The average molecular weight is 265 g/mol. The SMILES string of the molecule is Cc1nc(CN)sc1-c1nc(N2CCCC2)no1. The van der Waals surface area contributed by atoms with E-state index in [9.17, 15) is 0 Å². The molecule has 7 heteroatoms. The van der Waals surface area contributed by atoms with Gasteiger partial charge in [-0.2, -0.15) is 4.98 Å². The van der Waals surface area contributed by atoms with E-state index in [2.05, 4.69) is 20.0 Å². The molecular weight excluding hydrogens is 250 g/mol. The van der Waals surface area contributed by atoms with Gasteiger partial charge in [-0.15, -0.1) is 11.3 Å². The van der Waals surface area contributed by atoms with Crippen LogP contribution in [-0.2, 0) is 6.54 Å². The van der Waals surface area contributed by atoms with Crippen molar-refractivity contribution in [2.45, 2.75) is 26.3 Å². The molecular formula is C11H15N5OS. The summed E-state index contributed by atoms with van der Waals surface area (Å²) in [5, 5.41) is 4.93. The minimum absolute atomic E-state index is 0.443. The molecule has 0 aliphatic carbocycles. The number of rotatable bonds is 3. The van der Waals surface area contributed by atoms with Crippen LogP contribution >= 0.6 is 11.3 Å². The standard InChI is InChI=1S/C11H15N5OS/c1-7-9(18-8(6-12)13-7)10-14-11(15-17-10)16-4-2-3-5-16/h2-6,12H2,1H3. The van der Waals surface area contributed by atoms with Gasteiger partial charge < -0.3 is 15.2 Å². The predicted molar refractivity (Wildman–Crippen MR) is 69.5 cm³/mol. The Bertz CT molecular complexity index is 543. The summed E-state index contributed by atoms with van der Waals surface area (Å²) in [6, 6.07) is 0. The molecule has 1 aliphatic heterocycles. The molecule has 0 amide bonds. The zero-order valence-corrected chi connectivity index (χ0v) is 11.0. The summed E-state index contributed by atoms with van der Waals surface area (Å²) in [4.78, 5) is 11.9. The molecule has 1 fully saturated rings. The second kappa shape index (κ2) is 4.66. The number of thiazole rings is 1. The van der Waals surface area contributed by atoms with E-state index in [1.54, 1.807) is 0 Å². The molecule has 0 aromatic carbocycles. The van der Waals surface area contributed by atoms with Gasteiger partial charge in [-0.3, -0.25) is 0 Å². The average Bonchev–Trinajstić information content (AvgIpc) is 3.08. The zero-order valence-electron chi connectivity index (χ0n) is 10.2. The maximum Gasteiger partial charge on any atom is 0.271 e. The Labute approximate surface area is 109 Å². The molecule has 0 spiro atoms. The van der Waals surface area contributed by atoms with Crippen LogP contribution in [0.15, 0.2) is 4.52 Å². The van der Waals surface area contributed by atoms with E-state index in [1.807, 2.05) is 6.92 Å². The molecule has 3 rings (SSSR count). The minimum Gasteiger partial charge on any atom is -0.338 e. The predicted octanol–water partition coefficient (Wildman–Crippen LogP) is 1.56. The van der Waals surface area contributed by atoms with Crippen molar-refractivity contribution in [3.05, 3.63) is 10.7 Å². The van der Waals surface area contributed by atoms with E-state index in [0.717, 1.165) is 28.7 Å². The molecule has 3 heterocycles. The maximum atomic E-state index is 5.59. The summed E-state index contributed by atoms with van der Waals surface area (Å²) in [7, 11) is 0. The van der Waals surface area contributed by atoms with Gasteiger partial charge in [0.25, 0.3) is 11.8 Å². The quantitative estimate of drug-likeness (QED) is 0.907. The first-order chi connectivity index (χ1) is 8.78. The van der Waals surface area contributed by atoms with Crippen LogP contribution in [0.3, 0.4) is 0 Å². The molecule has 2 N–H and O–H groups in total. The monoisotopic (exact) mass is 265 g/mol. The van der Waals surface area contributed by atoms with Crippen LogP contribution in [0, 0.1) is 6.92 Å². The number of hydrogen-bond donors (Lipinski definition) is 1. The minimum atomic E-state index is 0.443. The van der Waals surface area contributed by atoms with Crippen molar-refractivity contribution in [1.29, 1.82) is 0 Å². The Kier molecular flexibility index (Phi) is 3.00. The smallest absolute Gasteiger partial charge is 0.271 e. The Hall–Kier alpha value is -1.47. The first-order valence-corrected chi connectivity index (χ1v) is 6.85. The van der Waals surface area contributed by atoms with Crippen molar-refractivity contribution in [2.24, 2.45) is 5.73 Å². The van der Waals surface area contributed by atoms with Crippen molar-refractivity contribution >= 4 is 17.3 Å². The largest absolute Gasteiger partial charge is 0.338 e. The number of nitrogens with zero attached hydrogens (tertiary/aromatic N) is 4. The van der Waals surface area contributed by atoms with Crippen LogP contribution in [0.4, 0.5) is 5.95 Å². The summed E-state index contributed by atoms with van der Waals surface area (Å²) < 4.78 is 5.33. The normalized spacial score (nSPS) is 15.6. The summed E-state index contributed by atoms with van der Waals surface area (Å²) in [5.74, 6) is 1.23. The van der Waals surface area contributed by atoms with Crippen LogP contribution < -0.4 is 10.6 Å². The first-order valence-electron chi connectivity index (χ1n) is 6.03. The highest BCUT2D eigenvalue weighted by atomic mass is 32.1. The molecule has 96 valence electrons. The lowest BCUT2D eigenvalue weighted by molar-refractivity contribution is 0.430. The van der Waals surface area contributed by atoms with Gasteiger partial charge in [-0.1, -0.05) is 0 Å². The van der Waals surface area contributed by atoms with Crippen LogP contribution in [0.1, 0.15) is 23.5 Å². The van der Waals surface area contributed by atoms with E-state index in [0.29, 0.717) is 18.4 Å². The molecule has 0 bridgehead atoms. The second-order valence-corrected chi connectivity index (χ2v) is 5.40. The van der Waals surface area contributed by atoms with Crippen molar-refractivity contribution in [3.63, 3.8) is 0 Å². The first kappa shape index (κ1) is 11.6. The van der Waals surface area contributed by atoms with Crippen LogP contribution in [0.2, 0.25) is 0 Å². The topological polar surface area (TPSA) is 81.1 Å². The third kappa shape index (κ3) is 1.99. The third-order valence-electron chi connectivity index (χ3n) is 3.01. The number of hydrogen-bond acceptors (Lipinski definition) is 7. The maximum absolute atomic E-state index is 5.59. The van der Waals surface area contributed by atoms with Crippen molar-refractivity contribution in [1.82, 2.24) is 15.1 Å². The van der Waals surface area contributed by atoms with Crippen molar-refractivity contribution < 1.29 is 4.52 Å². The van der Waals surface area contributed by atoms with Gasteiger partial charge in [0.1, 0.15) is 9.88 Å². The van der Waals surface area contributed by atoms with Crippen LogP contribution in [0.5, 0.6) is 0 Å². The van der Waals surface area contributed by atoms with Gasteiger partial charge in [-0.05, 0) is 24.9 Å². The van der Waals surface area contributed by atoms with Gasteiger partial charge in [0.05, 0.1) is 5.69 Å². The van der Waals surface area contributed by atoms with Gasteiger partial charge >= 0.3 is 0 Å². The van der Waals surface area contributed by atoms with Gasteiger partial charge in [0.2, 0.25) is 0 Å². The Morgan fingerprint density at radius 1 is 1.33 bits per heavy atom. The Morgan fingerprint density at radius 2 is 2.11 bits per heavy atom. The highest BCUT2D eigenvalue weighted by Gasteiger charge is 2.21. The molecule has 18 heavy (non-hydrogen) atoms. The summed E-state index contributed by atoms with van der Waals surface area (Å²) in [6.07, 6.45) is 2.39. The lowest BCUT2D eigenvalue weighted by Crippen LogP contribution is -2.18. The molecule has 6 nitrogen and oxygen atoms in total. The van der Waals surface area contributed by atoms with E-state index < -0.39 is 0 Å². The second-order valence-electron chi connectivity index (χ2n) is 4.32. The summed E-state index contributed by atoms with van der Waals surface area (Å²) >= 11 is 1.52. The lowest BCUT2D eigenvalue weighted by Gasteiger charge is -2.09. The molecule has 0 saturated carbocycles. The van der Waals surface area contributed by atoms with Gasteiger partial charge in [0, 0.05) is 19.6 Å². The fourth-order valence-electron chi connectivity index (χ4n) is 2.09. The molecule has 0 radical (unpaired) electrons. The van der Waals surface area contributed by atoms with Gasteiger partial charge in [-0.25, -0.2) is 4.98 Å². The Morgan fingerprint density at radius 3 is 2.78 bits per heavy atom. The van der Waals surface area contributed by atoms with Crippen molar-refractivity contribution in [2.75, 3.05) is 18.0 Å². The van der Waals surface area contributed by atoms with E-state index in [4.69, 9.17) is 10.3 Å². The molecule has 0 atom stereocenters. The fourth-order valence-corrected chi connectivity index (χ4v) is 2.96. The third-order valence-corrected chi connectivity index (χ3v) is 4.18. The van der Waals surface area contributed by atoms with Gasteiger partial charge in [0.15, 0.2) is 0 Å². The highest BCUT2D eigenvalue weighted by Crippen LogP contribution is 2.30. The fraction of sp³-hybridized carbons (Fsp3) is 0.545. The number of anilines is 1. The summed E-state index contributed by atoms with van der Waals surface area (Å²) in [5.41, 5.74) is 6.49. The highest BCUT2D eigenvalue weighted by molar-refractivity contribution is 7.15. The van der Waals surface area contributed by atoms with E-state index >= 15 is 0 Å². The summed E-state index contributed by atoms with van der Waals surface area (Å²) in [6.45, 7) is 4.40. The van der Waals surface area contributed by atoms with Crippen LogP contribution in [-0.4, -0.2) is 28.2 Å². The van der Waals surface area contributed by atoms with E-state index in [1.165, 1.54) is 24.2 Å². The number of aromatic nitrogens is 3. The van der Waals surface area contributed by atoms with E-state index in [-0.39, 0.29) is 0 Å². The number of nitrogens with two attached hydrogens (primary N) is 1. The lowest BCUT2D eigenvalue weighted by atomic mass is 10.4. The molecule has 1 saturated heterocycles. The molecule has 2 aromatic rings. The zero-order chi connectivity index (χ0) is 12.5. The molecule has 2 aromatic heterocycles. The van der Waals surface area contributed by atoms with Crippen molar-refractivity contribution in [3.8, 4) is 10.8 Å².